The molecular weight excluding hydrogens is 422 g/mol. The molecule has 5 heteroatoms. The van der Waals surface area contributed by atoms with Crippen molar-refractivity contribution in [2.45, 2.75) is 161 Å². The van der Waals surface area contributed by atoms with E-state index in [0.717, 1.165) is 19.4 Å². The van der Waals surface area contributed by atoms with E-state index in [1.165, 1.54) is 148 Å². The number of hydrogen-bond acceptors (Lipinski definition) is 3. The van der Waals surface area contributed by atoms with Crippen molar-refractivity contribution >= 4 is 6.09 Å². The third-order valence-corrected chi connectivity index (χ3v) is 6.63. The number of amides is 1. The molecule has 0 fully saturated rings. The molecule has 0 aromatic carbocycles. The largest absolute Gasteiger partial charge is 0.464 e. The summed E-state index contributed by atoms with van der Waals surface area (Å²) in [6, 6.07) is 0. The van der Waals surface area contributed by atoms with Gasteiger partial charge in [0.1, 0.15) is 0 Å². The Morgan fingerprint density at radius 1 is 0.529 bits per heavy atom. The summed E-state index contributed by atoms with van der Waals surface area (Å²) < 4.78 is 0. The van der Waals surface area contributed by atoms with E-state index in [1.807, 2.05) is 0 Å². The van der Waals surface area contributed by atoms with Crippen LogP contribution in [0.25, 0.3) is 0 Å². The molecule has 0 aliphatic carbocycles. The Balaban J connectivity index is 3.02. The summed E-state index contributed by atoms with van der Waals surface area (Å²) in [5, 5.41) is 8.40. The van der Waals surface area contributed by atoms with Crippen LogP contribution in [0.1, 0.15) is 161 Å². The van der Waals surface area contributed by atoms with Crippen molar-refractivity contribution in [2.24, 2.45) is 0 Å². The lowest BCUT2D eigenvalue weighted by molar-refractivity contribution is 0.185. The maximum atomic E-state index is 10.2. The highest BCUT2D eigenvalue weighted by Crippen LogP contribution is 2.15. The summed E-state index contributed by atoms with van der Waals surface area (Å²) in [5.74, 6) is 2.73. The fourth-order valence-electron chi connectivity index (χ4n) is 4.49. The average molecular weight is 480 g/mol. The van der Waals surface area contributed by atoms with Gasteiger partial charge in [0, 0.05) is 13.0 Å². The monoisotopic (exact) mass is 479 g/mol. The predicted octanol–water partition coefficient (Wildman–Crippen LogP) is 8.65. The second-order valence-electron chi connectivity index (χ2n) is 9.92. The number of rotatable bonds is 28. The Bertz CT molecular complexity index is 451. The van der Waals surface area contributed by atoms with Crippen molar-refractivity contribution in [1.29, 1.82) is 0 Å². The van der Waals surface area contributed by atoms with Crippen LogP contribution in [0, 0.1) is 12.3 Å². The highest BCUT2D eigenvalue weighted by atomic mass is 16.4. The lowest BCUT2D eigenvalue weighted by Gasteiger charge is -2.06. The number of unbranched alkanes of at least 4 members (excludes halogenated alkanes) is 24. The highest BCUT2D eigenvalue weighted by Gasteiger charge is 1.96. The molecule has 0 aliphatic heterocycles. The molecule has 34 heavy (non-hydrogen) atoms. The maximum Gasteiger partial charge on any atom is 0.420 e. The zero-order valence-corrected chi connectivity index (χ0v) is 22.3. The molecule has 0 unspecified atom stereocenters. The topological polar surface area (TPSA) is 73.4 Å². The second kappa shape index (κ2) is 29.8. The molecule has 0 aromatic heterocycles. The SMILES string of the molecule is C#CCCCCCCCCCCCCCCCCCCCCCCCCCCNNNC(=O)O. The maximum absolute atomic E-state index is 10.2. The normalized spacial score (nSPS) is 10.9. The molecule has 0 radical (unpaired) electrons. The molecule has 0 bridgehead atoms. The van der Waals surface area contributed by atoms with Gasteiger partial charge in [0.15, 0.2) is 0 Å². The van der Waals surface area contributed by atoms with Crippen LogP contribution in [0.4, 0.5) is 4.79 Å². The van der Waals surface area contributed by atoms with Gasteiger partial charge < -0.3 is 5.11 Å². The van der Waals surface area contributed by atoms with E-state index >= 15 is 0 Å². The Kier molecular flexibility index (Phi) is 28.7. The number of carbonyl (C=O) groups is 1. The van der Waals surface area contributed by atoms with Gasteiger partial charge in [0.2, 0.25) is 0 Å². The minimum atomic E-state index is -1.07. The van der Waals surface area contributed by atoms with Crippen LogP contribution in [-0.4, -0.2) is 17.7 Å². The van der Waals surface area contributed by atoms with Crippen molar-refractivity contribution in [1.82, 2.24) is 16.4 Å². The van der Waals surface area contributed by atoms with Crippen molar-refractivity contribution < 1.29 is 9.90 Å². The molecule has 0 aliphatic rings. The zero-order valence-electron chi connectivity index (χ0n) is 22.3. The number of nitrogens with one attached hydrogen (secondary N) is 3. The highest BCUT2D eigenvalue weighted by molar-refractivity contribution is 5.63. The molecular formula is C29H57N3O2. The molecule has 0 saturated heterocycles. The van der Waals surface area contributed by atoms with E-state index in [0.29, 0.717) is 0 Å². The summed E-state index contributed by atoms with van der Waals surface area (Å²) in [5.41, 5.74) is 7.36. The van der Waals surface area contributed by atoms with Gasteiger partial charge in [0.25, 0.3) is 0 Å². The van der Waals surface area contributed by atoms with E-state index in [-0.39, 0.29) is 0 Å². The third kappa shape index (κ3) is 30.8. The van der Waals surface area contributed by atoms with Gasteiger partial charge in [-0.2, -0.15) is 5.53 Å². The standard InChI is InChI=1S/C29H57N3O2/c1-2-3-4-5-6-7-8-9-10-11-12-13-14-15-16-17-18-19-20-21-22-23-24-25-26-27-28-30-32-31-29(33)34/h1,30-32H,3-28H2,(H,33,34). The Hall–Kier alpha value is -1.25. The molecule has 0 aromatic rings. The van der Waals surface area contributed by atoms with Crippen LogP contribution in [0.2, 0.25) is 0 Å². The number of carboxylic acid groups (broad SMARTS) is 1. The minimum Gasteiger partial charge on any atom is -0.464 e. The van der Waals surface area contributed by atoms with Crippen LogP contribution in [-0.2, 0) is 0 Å². The summed E-state index contributed by atoms with van der Waals surface area (Å²) in [6.07, 6.45) is 38.2. The summed E-state index contributed by atoms with van der Waals surface area (Å²) in [4.78, 5) is 10.2. The minimum absolute atomic E-state index is 0.787. The van der Waals surface area contributed by atoms with E-state index < -0.39 is 6.09 Å². The predicted molar refractivity (Wildman–Crippen MR) is 147 cm³/mol. The van der Waals surface area contributed by atoms with Gasteiger partial charge in [-0.25, -0.2) is 15.6 Å². The molecule has 200 valence electrons. The van der Waals surface area contributed by atoms with Crippen LogP contribution in [0.3, 0.4) is 0 Å². The van der Waals surface area contributed by atoms with Crippen LogP contribution >= 0.6 is 0 Å². The lowest BCUT2D eigenvalue weighted by atomic mass is 10.0. The fraction of sp³-hybridized carbons (Fsp3) is 0.897. The molecule has 0 atom stereocenters. The van der Waals surface area contributed by atoms with Crippen molar-refractivity contribution in [3.8, 4) is 12.3 Å². The number of terminal acetylenes is 1. The molecule has 0 saturated carbocycles. The first-order valence-electron chi connectivity index (χ1n) is 14.7. The van der Waals surface area contributed by atoms with E-state index in [1.54, 1.807) is 0 Å². The Morgan fingerprint density at radius 2 is 0.824 bits per heavy atom. The van der Waals surface area contributed by atoms with Gasteiger partial charge in [-0.15, -0.1) is 12.3 Å². The third-order valence-electron chi connectivity index (χ3n) is 6.63. The van der Waals surface area contributed by atoms with Crippen molar-refractivity contribution in [3.05, 3.63) is 0 Å². The molecule has 0 spiro atoms. The van der Waals surface area contributed by atoms with Gasteiger partial charge in [-0.3, -0.25) is 0 Å². The van der Waals surface area contributed by atoms with Crippen LogP contribution in [0.15, 0.2) is 0 Å². The average Bonchev–Trinajstić information content (AvgIpc) is 2.83. The van der Waals surface area contributed by atoms with E-state index in [2.05, 4.69) is 22.3 Å². The van der Waals surface area contributed by atoms with Gasteiger partial charge >= 0.3 is 6.09 Å². The molecule has 5 nitrogen and oxygen atoms in total. The summed E-state index contributed by atoms with van der Waals surface area (Å²) in [7, 11) is 0. The Morgan fingerprint density at radius 3 is 1.12 bits per heavy atom. The molecule has 4 N–H and O–H groups in total. The fourth-order valence-corrected chi connectivity index (χ4v) is 4.49. The van der Waals surface area contributed by atoms with Crippen LogP contribution < -0.4 is 16.4 Å². The number of hydrogen-bond donors (Lipinski definition) is 4. The van der Waals surface area contributed by atoms with Crippen molar-refractivity contribution in [2.75, 3.05) is 6.54 Å². The number of hydrazine groups is 2. The Labute approximate surface area is 212 Å². The van der Waals surface area contributed by atoms with Crippen molar-refractivity contribution in [3.63, 3.8) is 0 Å². The van der Waals surface area contributed by atoms with Gasteiger partial charge in [-0.05, 0) is 12.8 Å². The molecule has 1 amide bonds. The quantitative estimate of drug-likeness (QED) is 0.0514. The molecule has 0 rings (SSSR count). The smallest absolute Gasteiger partial charge is 0.420 e. The van der Waals surface area contributed by atoms with E-state index in [4.69, 9.17) is 11.5 Å². The lowest BCUT2D eigenvalue weighted by Crippen LogP contribution is -2.46. The van der Waals surface area contributed by atoms with E-state index in [9.17, 15) is 4.79 Å². The summed E-state index contributed by atoms with van der Waals surface area (Å²) >= 11 is 0. The zero-order chi connectivity index (χ0) is 24.8. The molecule has 0 heterocycles. The summed E-state index contributed by atoms with van der Waals surface area (Å²) in [6.45, 7) is 0.787. The van der Waals surface area contributed by atoms with Crippen LogP contribution in [0.5, 0.6) is 0 Å². The second-order valence-corrected chi connectivity index (χ2v) is 9.92. The van der Waals surface area contributed by atoms with Gasteiger partial charge in [0.05, 0.1) is 0 Å². The first kappa shape index (κ1) is 32.8. The first-order chi connectivity index (χ1) is 16.8. The first-order valence-corrected chi connectivity index (χ1v) is 14.7. The van der Waals surface area contributed by atoms with Gasteiger partial charge in [-0.1, -0.05) is 141 Å².